The molecule has 0 aliphatic carbocycles. The Morgan fingerprint density at radius 1 is 1.29 bits per heavy atom. The third-order valence-corrected chi connectivity index (χ3v) is 4.82. The number of rotatable bonds is 5. The van der Waals surface area contributed by atoms with Gasteiger partial charge in [-0.25, -0.2) is 9.97 Å². The third-order valence-electron chi connectivity index (χ3n) is 4.82. The minimum absolute atomic E-state index is 0.0689. The molecule has 2 aliphatic heterocycles. The van der Waals surface area contributed by atoms with Crippen LogP contribution in [0.1, 0.15) is 10.4 Å². The summed E-state index contributed by atoms with van der Waals surface area (Å²) in [7, 11) is 1.74. The van der Waals surface area contributed by atoms with Crippen LogP contribution in [-0.4, -0.2) is 90.4 Å². The van der Waals surface area contributed by atoms with Gasteiger partial charge in [0.15, 0.2) is 0 Å². The molecule has 0 bridgehead atoms. The van der Waals surface area contributed by atoms with Crippen LogP contribution in [0.3, 0.4) is 0 Å². The Kier molecular flexibility index (Phi) is 5.60. The predicted octanol–water partition coefficient (Wildman–Crippen LogP) is -0.469. The van der Waals surface area contributed by atoms with Crippen molar-refractivity contribution in [1.82, 2.24) is 19.8 Å². The van der Waals surface area contributed by atoms with Crippen molar-refractivity contribution >= 4 is 11.9 Å². The van der Waals surface area contributed by atoms with E-state index in [0.29, 0.717) is 24.6 Å². The number of hydrogen-bond donors (Lipinski definition) is 2. The zero-order valence-electron chi connectivity index (χ0n) is 14.0. The highest BCUT2D eigenvalue weighted by Gasteiger charge is 2.36. The summed E-state index contributed by atoms with van der Waals surface area (Å²) >= 11 is 0. The monoisotopic (exact) mass is 335 g/mol. The highest BCUT2D eigenvalue weighted by molar-refractivity contribution is 5.93. The molecule has 0 aromatic carbocycles. The average molecular weight is 335 g/mol. The second-order valence-corrected chi connectivity index (χ2v) is 6.37. The molecule has 2 N–H and O–H groups in total. The van der Waals surface area contributed by atoms with E-state index in [9.17, 15) is 9.90 Å². The molecule has 1 aromatic heterocycles. The molecule has 1 aromatic rings. The molecule has 2 saturated heterocycles. The molecule has 3 rings (SSSR count). The molecule has 8 nitrogen and oxygen atoms in total. The van der Waals surface area contributed by atoms with Crippen LogP contribution in [0, 0.1) is 11.8 Å². The van der Waals surface area contributed by atoms with Crippen LogP contribution in [0.4, 0.5) is 5.95 Å². The summed E-state index contributed by atoms with van der Waals surface area (Å²) < 4.78 is 5.38. The molecule has 2 fully saturated rings. The Labute approximate surface area is 141 Å². The topological polar surface area (TPSA) is 90.8 Å². The molecule has 8 heteroatoms. The summed E-state index contributed by atoms with van der Waals surface area (Å²) in [6.45, 7) is 5.60. The van der Waals surface area contributed by atoms with Gasteiger partial charge in [-0.2, -0.15) is 0 Å². The van der Waals surface area contributed by atoms with Crippen molar-refractivity contribution in [2.24, 2.45) is 11.8 Å². The lowest BCUT2D eigenvalue weighted by Gasteiger charge is -2.30. The largest absolute Gasteiger partial charge is 0.396 e. The normalized spacial score (nSPS) is 25.0. The van der Waals surface area contributed by atoms with Gasteiger partial charge in [0.05, 0.1) is 18.8 Å². The molecule has 2 unspecified atom stereocenters. The van der Waals surface area contributed by atoms with E-state index < -0.39 is 0 Å². The third kappa shape index (κ3) is 3.82. The number of morpholine rings is 1. The summed E-state index contributed by atoms with van der Waals surface area (Å²) in [5, 5.41) is 12.5. The highest BCUT2D eigenvalue weighted by atomic mass is 16.5. The predicted molar refractivity (Wildman–Crippen MR) is 88.8 cm³/mol. The van der Waals surface area contributed by atoms with Crippen molar-refractivity contribution < 1.29 is 14.6 Å². The first-order valence-electron chi connectivity index (χ1n) is 8.41. The Morgan fingerprint density at radius 3 is 2.58 bits per heavy atom. The van der Waals surface area contributed by atoms with Gasteiger partial charge < -0.3 is 20.1 Å². The van der Waals surface area contributed by atoms with E-state index >= 15 is 0 Å². The Hall–Kier alpha value is -1.77. The molecule has 132 valence electrons. The Bertz CT molecular complexity index is 547. The minimum atomic E-state index is -0.0689. The number of aliphatic hydroxyl groups excluding tert-OH is 1. The van der Waals surface area contributed by atoms with Gasteiger partial charge in [-0.1, -0.05) is 0 Å². The zero-order chi connectivity index (χ0) is 16.9. The van der Waals surface area contributed by atoms with E-state index in [0.717, 1.165) is 32.8 Å². The van der Waals surface area contributed by atoms with Crippen molar-refractivity contribution in [2.75, 3.05) is 64.9 Å². The van der Waals surface area contributed by atoms with Crippen molar-refractivity contribution in [1.29, 1.82) is 0 Å². The molecule has 24 heavy (non-hydrogen) atoms. The molecule has 2 aliphatic rings. The summed E-state index contributed by atoms with van der Waals surface area (Å²) in [5.41, 5.74) is 0.484. The van der Waals surface area contributed by atoms with Crippen LogP contribution >= 0.6 is 0 Å². The first-order valence-corrected chi connectivity index (χ1v) is 8.41. The summed E-state index contributed by atoms with van der Waals surface area (Å²) in [6.07, 6.45) is 3.09. The SMILES string of the molecule is CNc1ncc(C(=O)N2CC(CO)C(CN3CCOCC3)C2)cn1. The quantitative estimate of drug-likeness (QED) is 0.752. The number of carbonyl (C=O) groups excluding carboxylic acids is 1. The molecular formula is C16H25N5O3. The van der Waals surface area contributed by atoms with Crippen LogP contribution in [0.15, 0.2) is 12.4 Å². The van der Waals surface area contributed by atoms with Gasteiger partial charge in [-0.3, -0.25) is 9.69 Å². The van der Waals surface area contributed by atoms with Crippen molar-refractivity contribution in [2.45, 2.75) is 0 Å². The number of carbonyl (C=O) groups is 1. The molecule has 2 atom stereocenters. The standard InChI is InChI=1S/C16H25N5O3/c1-17-16-18-6-12(7-19-16)15(23)21-9-13(14(10-21)11-22)8-20-2-4-24-5-3-20/h6-7,13-14,22H,2-5,8-11H2,1H3,(H,17,18,19). The van der Waals surface area contributed by atoms with Crippen LogP contribution in [0.5, 0.6) is 0 Å². The molecule has 0 spiro atoms. The van der Waals surface area contributed by atoms with Crippen LogP contribution in [-0.2, 0) is 4.74 Å². The number of ether oxygens (including phenoxy) is 1. The molecule has 0 radical (unpaired) electrons. The van der Waals surface area contributed by atoms with Crippen LogP contribution in [0.2, 0.25) is 0 Å². The summed E-state index contributed by atoms with van der Waals surface area (Å²) in [4.78, 5) is 25.0. The maximum Gasteiger partial charge on any atom is 0.257 e. The number of likely N-dealkylation sites (tertiary alicyclic amines) is 1. The highest BCUT2D eigenvalue weighted by Crippen LogP contribution is 2.25. The number of nitrogens with one attached hydrogen (secondary N) is 1. The molecule has 0 saturated carbocycles. The summed E-state index contributed by atoms with van der Waals surface area (Å²) in [5.74, 6) is 0.829. The fourth-order valence-electron chi connectivity index (χ4n) is 3.38. The van der Waals surface area contributed by atoms with Gasteiger partial charge in [0.2, 0.25) is 5.95 Å². The first-order chi connectivity index (χ1) is 11.7. The van der Waals surface area contributed by atoms with Gasteiger partial charge in [0.1, 0.15) is 0 Å². The Morgan fingerprint density at radius 2 is 1.96 bits per heavy atom. The number of aromatic nitrogens is 2. The maximum absolute atomic E-state index is 12.7. The lowest BCUT2D eigenvalue weighted by molar-refractivity contribution is 0.0264. The minimum Gasteiger partial charge on any atom is -0.396 e. The second-order valence-electron chi connectivity index (χ2n) is 6.37. The van der Waals surface area contributed by atoms with E-state index in [4.69, 9.17) is 4.74 Å². The van der Waals surface area contributed by atoms with Gasteiger partial charge in [0, 0.05) is 64.7 Å². The fourth-order valence-corrected chi connectivity index (χ4v) is 3.38. The second kappa shape index (κ2) is 7.87. The first kappa shape index (κ1) is 17.1. The van der Waals surface area contributed by atoms with E-state index in [1.165, 1.54) is 0 Å². The van der Waals surface area contributed by atoms with Crippen molar-refractivity contribution in [3.8, 4) is 0 Å². The number of amides is 1. The fraction of sp³-hybridized carbons (Fsp3) is 0.688. The van der Waals surface area contributed by atoms with Gasteiger partial charge in [0.25, 0.3) is 5.91 Å². The van der Waals surface area contributed by atoms with Crippen molar-refractivity contribution in [3.05, 3.63) is 18.0 Å². The van der Waals surface area contributed by atoms with Gasteiger partial charge >= 0.3 is 0 Å². The van der Waals surface area contributed by atoms with Gasteiger partial charge in [-0.05, 0) is 5.92 Å². The number of anilines is 1. The van der Waals surface area contributed by atoms with Crippen LogP contribution in [0.25, 0.3) is 0 Å². The number of aliphatic hydroxyl groups is 1. The zero-order valence-corrected chi connectivity index (χ0v) is 14.0. The van der Waals surface area contributed by atoms with Gasteiger partial charge in [-0.15, -0.1) is 0 Å². The number of hydrogen-bond acceptors (Lipinski definition) is 7. The Balaban J connectivity index is 1.62. The van der Waals surface area contributed by atoms with E-state index in [-0.39, 0.29) is 24.3 Å². The molecular weight excluding hydrogens is 310 g/mol. The lowest BCUT2D eigenvalue weighted by Crippen LogP contribution is -2.41. The molecule has 3 heterocycles. The van der Waals surface area contributed by atoms with E-state index in [2.05, 4.69) is 20.2 Å². The average Bonchev–Trinajstić information content (AvgIpc) is 3.05. The van der Waals surface area contributed by atoms with E-state index in [1.807, 2.05) is 4.90 Å². The molecule has 1 amide bonds. The van der Waals surface area contributed by atoms with E-state index in [1.54, 1.807) is 19.4 Å². The van der Waals surface area contributed by atoms with Crippen molar-refractivity contribution in [3.63, 3.8) is 0 Å². The van der Waals surface area contributed by atoms with Crippen LogP contribution < -0.4 is 5.32 Å². The lowest BCUT2D eigenvalue weighted by atomic mass is 9.96. The summed E-state index contributed by atoms with van der Waals surface area (Å²) in [6, 6.07) is 0. The maximum atomic E-state index is 12.7. The smallest absolute Gasteiger partial charge is 0.257 e. The number of nitrogens with zero attached hydrogens (tertiary/aromatic N) is 4.